The second-order valence-electron chi connectivity index (χ2n) is 4.52. The van der Waals surface area contributed by atoms with Crippen molar-refractivity contribution in [1.82, 2.24) is 0 Å². The molecule has 3 nitrogen and oxygen atoms in total. The van der Waals surface area contributed by atoms with Gasteiger partial charge in [-0.2, -0.15) is 12.6 Å². The number of thiol groups is 1. The molecule has 0 aromatic carbocycles. The Labute approximate surface area is 104 Å². The molecular weight excluding hydrogens is 224 g/mol. The maximum absolute atomic E-state index is 5.63. The van der Waals surface area contributed by atoms with Gasteiger partial charge < -0.3 is 14.2 Å². The molecule has 1 fully saturated rings. The lowest BCUT2D eigenvalue weighted by Crippen LogP contribution is -2.36. The van der Waals surface area contributed by atoms with Crippen molar-refractivity contribution >= 4 is 12.6 Å². The van der Waals surface area contributed by atoms with E-state index in [0.29, 0.717) is 18.6 Å². The number of ether oxygens (including phenoxy) is 3. The van der Waals surface area contributed by atoms with E-state index in [1.54, 1.807) is 7.11 Å². The van der Waals surface area contributed by atoms with Crippen LogP contribution in [0, 0.1) is 5.41 Å². The lowest BCUT2D eigenvalue weighted by molar-refractivity contribution is -0.0178. The Balaban J connectivity index is 1.84. The van der Waals surface area contributed by atoms with Gasteiger partial charge in [-0.25, -0.2) is 0 Å². The van der Waals surface area contributed by atoms with Crippen LogP contribution < -0.4 is 0 Å². The number of methoxy groups -OCH3 is 1. The van der Waals surface area contributed by atoms with Crippen LogP contribution in [0.5, 0.6) is 0 Å². The molecule has 0 aromatic heterocycles. The topological polar surface area (TPSA) is 27.7 Å². The van der Waals surface area contributed by atoms with Gasteiger partial charge >= 0.3 is 0 Å². The smallest absolute Gasteiger partial charge is 0.0700 e. The van der Waals surface area contributed by atoms with Crippen LogP contribution in [0.3, 0.4) is 0 Å². The van der Waals surface area contributed by atoms with Gasteiger partial charge in [0.2, 0.25) is 0 Å². The van der Waals surface area contributed by atoms with E-state index in [0.717, 1.165) is 32.0 Å². The lowest BCUT2D eigenvalue weighted by atomic mass is 9.71. The van der Waals surface area contributed by atoms with Gasteiger partial charge in [-0.05, 0) is 25.0 Å². The third kappa shape index (κ3) is 5.04. The predicted molar refractivity (Wildman–Crippen MR) is 68.3 cm³/mol. The normalized spacial score (nSPS) is 18.4. The van der Waals surface area contributed by atoms with Crippen LogP contribution in [0.1, 0.15) is 25.7 Å². The summed E-state index contributed by atoms with van der Waals surface area (Å²) in [5.41, 5.74) is 0.374. The minimum absolute atomic E-state index is 0.374. The quantitative estimate of drug-likeness (QED) is 0.474. The molecule has 0 saturated heterocycles. The molecule has 1 aliphatic rings. The van der Waals surface area contributed by atoms with E-state index in [2.05, 4.69) is 12.6 Å². The van der Waals surface area contributed by atoms with Gasteiger partial charge in [-0.15, -0.1) is 0 Å². The number of hydrogen-bond acceptors (Lipinski definition) is 4. The largest absolute Gasteiger partial charge is 0.385 e. The van der Waals surface area contributed by atoms with Crippen molar-refractivity contribution in [3.8, 4) is 0 Å². The molecule has 0 unspecified atom stereocenters. The van der Waals surface area contributed by atoms with Gasteiger partial charge in [-0.1, -0.05) is 6.42 Å². The van der Waals surface area contributed by atoms with Crippen LogP contribution in [-0.4, -0.2) is 45.9 Å². The molecule has 16 heavy (non-hydrogen) atoms. The molecular formula is C12H24O3S. The van der Waals surface area contributed by atoms with Gasteiger partial charge in [-0.3, -0.25) is 0 Å². The summed E-state index contributed by atoms with van der Waals surface area (Å²) in [7, 11) is 1.71. The second-order valence-corrected chi connectivity index (χ2v) is 4.84. The van der Waals surface area contributed by atoms with Crippen molar-refractivity contribution in [2.24, 2.45) is 5.41 Å². The zero-order valence-corrected chi connectivity index (χ0v) is 11.1. The first-order valence-electron chi connectivity index (χ1n) is 6.08. The van der Waals surface area contributed by atoms with Crippen molar-refractivity contribution in [3.63, 3.8) is 0 Å². The van der Waals surface area contributed by atoms with E-state index < -0.39 is 0 Å². The van der Waals surface area contributed by atoms with Gasteiger partial charge in [0, 0.05) is 25.7 Å². The van der Waals surface area contributed by atoms with Crippen LogP contribution in [-0.2, 0) is 14.2 Å². The highest BCUT2D eigenvalue weighted by atomic mass is 32.1. The highest BCUT2D eigenvalue weighted by Gasteiger charge is 2.35. The summed E-state index contributed by atoms with van der Waals surface area (Å²) in [6, 6.07) is 0. The summed E-state index contributed by atoms with van der Waals surface area (Å²) in [5, 5.41) is 0. The third-order valence-electron chi connectivity index (χ3n) is 3.17. The molecule has 0 amide bonds. The SMILES string of the molecule is COCCCOCCOCC1(CS)CCC1. The minimum atomic E-state index is 0.374. The highest BCUT2D eigenvalue weighted by molar-refractivity contribution is 7.80. The van der Waals surface area contributed by atoms with Crippen LogP contribution in [0.2, 0.25) is 0 Å². The van der Waals surface area contributed by atoms with E-state index in [1.165, 1.54) is 19.3 Å². The fraction of sp³-hybridized carbons (Fsp3) is 1.00. The van der Waals surface area contributed by atoms with Crippen molar-refractivity contribution < 1.29 is 14.2 Å². The molecule has 0 bridgehead atoms. The molecule has 4 heteroatoms. The number of hydrogen-bond donors (Lipinski definition) is 1. The van der Waals surface area contributed by atoms with Crippen molar-refractivity contribution in [2.75, 3.05) is 45.9 Å². The molecule has 1 rings (SSSR count). The Bertz CT molecular complexity index is 166. The Morgan fingerprint density at radius 1 is 1.06 bits per heavy atom. The maximum Gasteiger partial charge on any atom is 0.0700 e. The molecule has 0 atom stereocenters. The predicted octanol–water partition coefficient (Wildman–Crippen LogP) is 2.16. The molecule has 0 N–H and O–H groups in total. The standard InChI is InChI=1S/C12H24O3S/c1-13-6-3-7-14-8-9-15-10-12(11-16)4-2-5-12/h16H,2-11H2,1H3. The second kappa shape index (κ2) is 8.34. The fourth-order valence-electron chi connectivity index (χ4n) is 1.84. The van der Waals surface area contributed by atoms with E-state index >= 15 is 0 Å². The monoisotopic (exact) mass is 248 g/mol. The van der Waals surface area contributed by atoms with Gasteiger partial charge in [0.05, 0.1) is 19.8 Å². The maximum atomic E-state index is 5.63. The molecule has 0 aromatic rings. The molecule has 0 heterocycles. The average molecular weight is 248 g/mol. The summed E-state index contributed by atoms with van der Waals surface area (Å²) in [6.07, 6.45) is 4.82. The summed E-state index contributed by atoms with van der Waals surface area (Å²) in [4.78, 5) is 0. The van der Waals surface area contributed by atoms with E-state index in [-0.39, 0.29) is 0 Å². The Hall–Kier alpha value is 0.230. The van der Waals surface area contributed by atoms with E-state index in [4.69, 9.17) is 14.2 Å². The first-order valence-corrected chi connectivity index (χ1v) is 6.71. The lowest BCUT2D eigenvalue weighted by Gasteiger charge is -2.40. The molecule has 96 valence electrons. The zero-order chi connectivity index (χ0) is 11.7. The summed E-state index contributed by atoms with van der Waals surface area (Å²) in [6.45, 7) is 3.76. The minimum Gasteiger partial charge on any atom is -0.385 e. The summed E-state index contributed by atoms with van der Waals surface area (Å²) in [5.74, 6) is 0.946. The summed E-state index contributed by atoms with van der Waals surface area (Å²) >= 11 is 4.39. The molecule has 1 aliphatic carbocycles. The Morgan fingerprint density at radius 3 is 2.38 bits per heavy atom. The van der Waals surface area contributed by atoms with Gasteiger partial charge in [0.1, 0.15) is 0 Å². The van der Waals surface area contributed by atoms with Crippen molar-refractivity contribution in [2.45, 2.75) is 25.7 Å². The van der Waals surface area contributed by atoms with Crippen LogP contribution in [0.25, 0.3) is 0 Å². The molecule has 1 saturated carbocycles. The highest BCUT2D eigenvalue weighted by Crippen LogP contribution is 2.41. The van der Waals surface area contributed by atoms with Crippen LogP contribution in [0.4, 0.5) is 0 Å². The molecule has 0 aliphatic heterocycles. The van der Waals surface area contributed by atoms with E-state index in [1.807, 2.05) is 0 Å². The zero-order valence-electron chi connectivity index (χ0n) is 10.2. The van der Waals surface area contributed by atoms with Crippen molar-refractivity contribution in [1.29, 1.82) is 0 Å². The first-order chi connectivity index (χ1) is 7.83. The average Bonchev–Trinajstić information content (AvgIpc) is 2.25. The fourth-order valence-corrected chi connectivity index (χ4v) is 2.25. The molecule has 0 spiro atoms. The van der Waals surface area contributed by atoms with Crippen molar-refractivity contribution in [3.05, 3.63) is 0 Å². The van der Waals surface area contributed by atoms with Gasteiger partial charge in [0.25, 0.3) is 0 Å². The number of rotatable bonds is 10. The Morgan fingerprint density at radius 2 is 1.81 bits per heavy atom. The first kappa shape index (κ1) is 14.3. The van der Waals surface area contributed by atoms with Crippen LogP contribution in [0.15, 0.2) is 0 Å². The van der Waals surface area contributed by atoms with Gasteiger partial charge in [0.15, 0.2) is 0 Å². The Kier molecular flexibility index (Phi) is 7.45. The van der Waals surface area contributed by atoms with E-state index in [9.17, 15) is 0 Å². The molecule has 0 radical (unpaired) electrons. The van der Waals surface area contributed by atoms with Crippen LogP contribution >= 0.6 is 12.6 Å². The summed E-state index contributed by atoms with van der Waals surface area (Å²) < 4.78 is 16.0. The third-order valence-corrected chi connectivity index (χ3v) is 3.84.